The lowest BCUT2D eigenvalue weighted by Crippen LogP contribution is -2.11. The minimum Gasteiger partial charge on any atom is -0.489 e. The molecule has 2 aromatic rings. The van der Waals surface area contributed by atoms with Gasteiger partial charge < -0.3 is 4.74 Å². The summed E-state index contributed by atoms with van der Waals surface area (Å²) in [5.74, 6) is 0.581. The van der Waals surface area contributed by atoms with Gasteiger partial charge >= 0.3 is 6.18 Å². The number of aldehydes is 1. The zero-order valence-electron chi connectivity index (χ0n) is 12.1. The first-order valence-electron chi connectivity index (χ1n) is 7.05. The molecule has 1 aliphatic heterocycles. The van der Waals surface area contributed by atoms with Crippen LogP contribution in [0.5, 0.6) is 5.75 Å². The fraction of sp³-hybridized carbons (Fsp3) is 0.167. The second-order valence-corrected chi connectivity index (χ2v) is 5.25. The van der Waals surface area contributed by atoms with Gasteiger partial charge in [-0.2, -0.15) is 13.2 Å². The van der Waals surface area contributed by atoms with Gasteiger partial charge in [-0.25, -0.2) is 0 Å². The highest BCUT2D eigenvalue weighted by molar-refractivity contribution is 5.81. The molecular weight excluding hydrogens is 305 g/mol. The van der Waals surface area contributed by atoms with Gasteiger partial charge in [-0.15, -0.1) is 0 Å². The number of halogens is 3. The minimum absolute atomic E-state index is 0.133. The van der Waals surface area contributed by atoms with E-state index in [2.05, 4.69) is 0 Å². The van der Waals surface area contributed by atoms with Crippen molar-refractivity contribution in [1.82, 2.24) is 0 Å². The van der Waals surface area contributed by atoms with Gasteiger partial charge in [-0.1, -0.05) is 18.2 Å². The largest absolute Gasteiger partial charge is 0.489 e. The maximum Gasteiger partial charge on any atom is 0.416 e. The van der Waals surface area contributed by atoms with E-state index in [1.165, 1.54) is 12.1 Å². The molecule has 0 saturated carbocycles. The van der Waals surface area contributed by atoms with Crippen molar-refractivity contribution in [2.75, 3.05) is 6.61 Å². The fourth-order valence-electron chi connectivity index (χ4n) is 2.66. The average molecular weight is 318 g/mol. The highest BCUT2D eigenvalue weighted by atomic mass is 19.4. The quantitative estimate of drug-likeness (QED) is 0.777. The Morgan fingerprint density at radius 1 is 1.13 bits per heavy atom. The van der Waals surface area contributed by atoms with E-state index in [-0.39, 0.29) is 12.0 Å². The van der Waals surface area contributed by atoms with Crippen molar-refractivity contribution in [2.24, 2.45) is 0 Å². The molecule has 1 heterocycles. The lowest BCUT2D eigenvalue weighted by atomic mass is 9.92. The summed E-state index contributed by atoms with van der Waals surface area (Å²) < 4.78 is 44.9. The van der Waals surface area contributed by atoms with Crippen molar-refractivity contribution in [3.8, 4) is 5.75 Å². The Bertz CT molecular complexity index is 776. The molecule has 118 valence electrons. The van der Waals surface area contributed by atoms with Crippen molar-refractivity contribution in [3.05, 3.63) is 70.8 Å². The molecule has 0 bridgehead atoms. The number of rotatable bonds is 3. The van der Waals surface area contributed by atoms with E-state index in [9.17, 15) is 18.0 Å². The molecule has 0 radical (unpaired) electrons. The number of benzene rings is 2. The van der Waals surface area contributed by atoms with Crippen LogP contribution in [0.2, 0.25) is 0 Å². The Hall–Kier alpha value is -2.56. The fourth-order valence-corrected chi connectivity index (χ4v) is 2.66. The number of ether oxygens (including phenoxy) is 1. The van der Waals surface area contributed by atoms with Crippen molar-refractivity contribution in [1.29, 1.82) is 0 Å². The number of allylic oxidation sites excluding steroid dienone is 1. The first-order valence-corrected chi connectivity index (χ1v) is 7.05. The van der Waals surface area contributed by atoms with E-state index in [0.717, 1.165) is 11.6 Å². The molecule has 0 spiro atoms. The zero-order chi connectivity index (χ0) is 16.4. The minimum atomic E-state index is -4.39. The third-order valence-electron chi connectivity index (χ3n) is 3.76. The number of fused-ring (bicyclic) bond motifs is 1. The second kappa shape index (κ2) is 5.91. The van der Waals surface area contributed by atoms with Crippen molar-refractivity contribution >= 4 is 11.9 Å². The summed E-state index contributed by atoms with van der Waals surface area (Å²) in [7, 11) is 0. The Labute approximate surface area is 131 Å². The molecule has 0 saturated heterocycles. The van der Waals surface area contributed by atoms with E-state index in [0.29, 0.717) is 29.8 Å². The molecule has 0 fully saturated rings. The van der Waals surface area contributed by atoms with Gasteiger partial charge in [0.15, 0.2) is 0 Å². The Balaban J connectivity index is 2.00. The third kappa shape index (κ3) is 3.13. The summed E-state index contributed by atoms with van der Waals surface area (Å²) in [6.45, 7) is 0.303. The highest BCUT2D eigenvalue weighted by Crippen LogP contribution is 2.37. The van der Waals surface area contributed by atoms with Crippen LogP contribution < -0.4 is 4.74 Å². The molecule has 2 aromatic carbocycles. The topological polar surface area (TPSA) is 26.3 Å². The van der Waals surface area contributed by atoms with Crippen LogP contribution in [0.1, 0.15) is 27.0 Å². The molecule has 0 aromatic heterocycles. The van der Waals surface area contributed by atoms with E-state index >= 15 is 0 Å². The van der Waals surface area contributed by atoms with Crippen LogP contribution in [0.15, 0.2) is 48.5 Å². The maximum atomic E-state index is 13.1. The van der Waals surface area contributed by atoms with Crippen LogP contribution in [0.25, 0.3) is 5.57 Å². The normalized spacial score (nSPS) is 13.8. The molecule has 0 atom stereocenters. The SMILES string of the molecule is O=Cc1ccc2c(c1)C(Cc1ccccc1C(F)(F)F)=CCO2. The molecule has 0 amide bonds. The standard InChI is InChI=1S/C18H13F3O2/c19-18(20,21)16-4-2-1-3-14(16)10-13-7-8-23-17-6-5-12(11-22)9-15(13)17/h1-7,9,11H,8,10H2. The van der Waals surface area contributed by atoms with Crippen LogP contribution in [-0.4, -0.2) is 12.9 Å². The predicted molar refractivity (Wildman–Crippen MR) is 80.4 cm³/mol. The van der Waals surface area contributed by atoms with Gasteiger partial charge in [0.05, 0.1) is 5.56 Å². The first-order chi connectivity index (χ1) is 11.0. The summed E-state index contributed by atoms with van der Waals surface area (Å²) >= 11 is 0. The molecule has 23 heavy (non-hydrogen) atoms. The lowest BCUT2D eigenvalue weighted by Gasteiger charge is -2.20. The summed E-state index contributed by atoms with van der Waals surface area (Å²) in [5.41, 5.74) is 1.42. The number of hydrogen-bond acceptors (Lipinski definition) is 2. The summed E-state index contributed by atoms with van der Waals surface area (Å²) in [5, 5.41) is 0. The molecule has 0 aliphatic carbocycles. The summed E-state index contributed by atoms with van der Waals surface area (Å²) in [4.78, 5) is 10.9. The van der Waals surface area contributed by atoms with Gasteiger partial charge in [0, 0.05) is 11.1 Å². The van der Waals surface area contributed by atoms with E-state index in [4.69, 9.17) is 4.74 Å². The second-order valence-electron chi connectivity index (χ2n) is 5.25. The van der Waals surface area contributed by atoms with Crippen LogP contribution in [0.3, 0.4) is 0 Å². The first kappa shape index (κ1) is 15.3. The van der Waals surface area contributed by atoms with Crippen molar-refractivity contribution in [3.63, 3.8) is 0 Å². The van der Waals surface area contributed by atoms with Crippen LogP contribution >= 0.6 is 0 Å². The number of carbonyl (C=O) groups is 1. The molecular formula is C18H13F3O2. The van der Waals surface area contributed by atoms with Gasteiger partial charge in [-0.05, 0) is 47.9 Å². The maximum absolute atomic E-state index is 13.1. The molecule has 2 nitrogen and oxygen atoms in total. The number of alkyl halides is 3. The number of carbonyl (C=O) groups excluding carboxylic acids is 1. The zero-order valence-corrected chi connectivity index (χ0v) is 12.1. The van der Waals surface area contributed by atoms with Gasteiger partial charge in [-0.3, -0.25) is 4.79 Å². The number of hydrogen-bond donors (Lipinski definition) is 0. The summed E-state index contributed by atoms with van der Waals surface area (Å²) in [6, 6.07) is 10.5. The van der Waals surface area contributed by atoms with E-state index in [1.807, 2.05) is 0 Å². The van der Waals surface area contributed by atoms with Crippen molar-refractivity contribution < 1.29 is 22.7 Å². The van der Waals surface area contributed by atoms with E-state index in [1.54, 1.807) is 30.3 Å². The Kier molecular flexibility index (Phi) is 3.94. The highest BCUT2D eigenvalue weighted by Gasteiger charge is 2.33. The molecule has 0 unspecified atom stereocenters. The van der Waals surface area contributed by atoms with Crippen LogP contribution in [-0.2, 0) is 12.6 Å². The van der Waals surface area contributed by atoms with Gasteiger partial charge in [0.25, 0.3) is 0 Å². The monoisotopic (exact) mass is 318 g/mol. The van der Waals surface area contributed by atoms with Crippen LogP contribution in [0, 0.1) is 0 Å². The van der Waals surface area contributed by atoms with Crippen molar-refractivity contribution in [2.45, 2.75) is 12.6 Å². The third-order valence-corrected chi connectivity index (χ3v) is 3.76. The lowest BCUT2D eigenvalue weighted by molar-refractivity contribution is -0.138. The Morgan fingerprint density at radius 2 is 1.91 bits per heavy atom. The molecule has 0 N–H and O–H groups in total. The molecule has 5 heteroatoms. The predicted octanol–water partition coefficient (Wildman–Crippen LogP) is 4.54. The average Bonchev–Trinajstić information content (AvgIpc) is 2.54. The molecule has 1 aliphatic rings. The summed E-state index contributed by atoms with van der Waals surface area (Å²) in [6.07, 6.45) is -1.80. The van der Waals surface area contributed by atoms with E-state index < -0.39 is 11.7 Å². The van der Waals surface area contributed by atoms with Crippen LogP contribution in [0.4, 0.5) is 13.2 Å². The molecule has 3 rings (SSSR count). The smallest absolute Gasteiger partial charge is 0.416 e. The van der Waals surface area contributed by atoms with Gasteiger partial charge in [0.1, 0.15) is 18.6 Å². The van der Waals surface area contributed by atoms with Gasteiger partial charge in [0.2, 0.25) is 0 Å². The Morgan fingerprint density at radius 3 is 2.65 bits per heavy atom.